The van der Waals surface area contributed by atoms with E-state index in [1.165, 1.54) is 5.56 Å². The normalized spacial score (nSPS) is 10.4. The number of anilines is 5. The standard InChI is InChI=1S/C25H22N2/c1-20-11-10-16-23(19-20)27(22-14-6-3-7-15-22)25-18-9-8-17-24(25)26-21-12-4-2-5-13-21/h2-19,26H,1H3. The first-order chi connectivity index (χ1) is 13.3. The lowest BCUT2D eigenvalue weighted by Gasteiger charge is -2.28. The third-order valence-electron chi connectivity index (χ3n) is 4.47. The van der Waals surface area contributed by atoms with Crippen LogP contribution in [0.1, 0.15) is 5.56 Å². The molecule has 4 aromatic rings. The number of hydrogen-bond donors (Lipinski definition) is 1. The van der Waals surface area contributed by atoms with Gasteiger partial charge in [-0.25, -0.2) is 0 Å². The van der Waals surface area contributed by atoms with Crippen molar-refractivity contribution in [3.8, 4) is 0 Å². The van der Waals surface area contributed by atoms with Crippen molar-refractivity contribution in [1.29, 1.82) is 0 Å². The number of para-hydroxylation sites is 4. The summed E-state index contributed by atoms with van der Waals surface area (Å²) in [6, 6.07) is 37.8. The minimum atomic E-state index is 1.06. The number of nitrogens with zero attached hydrogens (tertiary/aromatic N) is 1. The Labute approximate surface area is 160 Å². The molecule has 0 heterocycles. The van der Waals surface area contributed by atoms with Crippen LogP contribution in [-0.4, -0.2) is 0 Å². The van der Waals surface area contributed by atoms with Crippen LogP contribution < -0.4 is 10.2 Å². The molecule has 0 amide bonds. The molecule has 2 nitrogen and oxygen atoms in total. The number of hydrogen-bond acceptors (Lipinski definition) is 2. The molecule has 132 valence electrons. The van der Waals surface area contributed by atoms with Crippen LogP contribution in [0.15, 0.2) is 109 Å². The first-order valence-corrected chi connectivity index (χ1v) is 9.14. The Kier molecular flexibility index (Phi) is 4.88. The van der Waals surface area contributed by atoms with Crippen molar-refractivity contribution < 1.29 is 0 Å². The smallest absolute Gasteiger partial charge is 0.0696 e. The van der Waals surface area contributed by atoms with Gasteiger partial charge in [0.1, 0.15) is 0 Å². The van der Waals surface area contributed by atoms with Gasteiger partial charge in [-0.3, -0.25) is 0 Å². The van der Waals surface area contributed by atoms with Crippen LogP contribution in [-0.2, 0) is 0 Å². The molecule has 0 fully saturated rings. The summed E-state index contributed by atoms with van der Waals surface area (Å²) in [5.41, 5.74) is 6.75. The molecule has 2 heteroatoms. The van der Waals surface area contributed by atoms with E-state index in [-0.39, 0.29) is 0 Å². The van der Waals surface area contributed by atoms with Crippen molar-refractivity contribution >= 4 is 28.4 Å². The van der Waals surface area contributed by atoms with Gasteiger partial charge in [0.2, 0.25) is 0 Å². The summed E-state index contributed by atoms with van der Waals surface area (Å²) in [6.07, 6.45) is 0. The van der Waals surface area contributed by atoms with Gasteiger partial charge in [0, 0.05) is 17.1 Å². The third-order valence-corrected chi connectivity index (χ3v) is 4.47. The minimum Gasteiger partial charge on any atom is -0.354 e. The lowest BCUT2D eigenvalue weighted by Crippen LogP contribution is -2.12. The molecule has 0 unspecified atom stereocenters. The molecule has 0 atom stereocenters. The van der Waals surface area contributed by atoms with Crippen LogP contribution in [0, 0.1) is 6.92 Å². The topological polar surface area (TPSA) is 15.3 Å². The zero-order valence-electron chi connectivity index (χ0n) is 15.3. The lowest BCUT2D eigenvalue weighted by atomic mass is 10.1. The van der Waals surface area contributed by atoms with Gasteiger partial charge in [0.25, 0.3) is 0 Å². The lowest BCUT2D eigenvalue weighted by molar-refractivity contribution is 1.27. The Morgan fingerprint density at radius 2 is 1.22 bits per heavy atom. The molecule has 0 saturated heterocycles. The second kappa shape index (κ2) is 7.79. The average Bonchev–Trinajstić information content (AvgIpc) is 2.71. The summed E-state index contributed by atoms with van der Waals surface area (Å²) in [6.45, 7) is 2.13. The van der Waals surface area contributed by atoms with Crippen LogP contribution in [0.5, 0.6) is 0 Å². The summed E-state index contributed by atoms with van der Waals surface area (Å²) in [5.74, 6) is 0. The zero-order valence-corrected chi connectivity index (χ0v) is 15.3. The van der Waals surface area contributed by atoms with E-state index in [9.17, 15) is 0 Å². The van der Waals surface area contributed by atoms with Crippen LogP contribution in [0.4, 0.5) is 28.4 Å². The molecule has 4 aromatic carbocycles. The Bertz CT molecular complexity index is 1010. The summed E-state index contributed by atoms with van der Waals surface area (Å²) >= 11 is 0. The number of nitrogens with one attached hydrogen (secondary N) is 1. The number of rotatable bonds is 5. The first-order valence-electron chi connectivity index (χ1n) is 9.14. The highest BCUT2D eigenvalue weighted by Crippen LogP contribution is 2.39. The van der Waals surface area contributed by atoms with Crippen molar-refractivity contribution in [2.24, 2.45) is 0 Å². The van der Waals surface area contributed by atoms with E-state index < -0.39 is 0 Å². The van der Waals surface area contributed by atoms with Crippen LogP contribution in [0.25, 0.3) is 0 Å². The van der Waals surface area contributed by atoms with E-state index >= 15 is 0 Å². The molecule has 0 saturated carbocycles. The molecular weight excluding hydrogens is 328 g/mol. The predicted octanol–water partition coefficient (Wildman–Crippen LogP) is 7.21. The Balaban J connectivity index is 1.84. The molecule has 0 bridgehead atoms. The third kappa shape index (κ3) is 3.85. The monoisotopic (exact) mass is 350 g/mol. The summed E-state index contributed by atoms with van der Waals surface area (Å²) in [5, 5.41) is 3.57. The summed E-state index contributed by atoms with van der Waals surface area (Å²) in [7, 11) is 0. The Morgan fingerprint density at radius 3 is 1.96 bits per heavy atom. The van der Waals surface area contributed by atoms with Crippen molar-refractivity contribution in [3.63, 3.8) is 0 Å². The highest BCUT2D eigenvalue weighted by atomic mass is 15.2. The number of aryl methyl sites for hydroxylation is 1. The summed E-state index contributed by atoms with van der Waals surface area (Å²) in [4.78, 5) is 2.29. The van der Waals surface area contributed by atoms with E-state index in [4.69, 9.17) is 0 Å². The van der Waals surface area contributed by atoms with E-state index in [1.807, 2.05) is 24.3 Å². The van der Waals surface area contributed by atoms with Crippen molar-refractivity contribution in [2.45, 2.75) is 6.92 Å². The maximum Gasteiger partial charge on any atom is 0.0696 e. The van der Waals surface area contributed by atoms with Gasteiger partial charge < -0.3 is 10.2 Å². The maximum absolute atomic E-state index is 3.57. The van der Waals surface area contributed by atoms with Crippen molar-refractivity contribution in [1.82, 2.24) is 0 Å². The van der Waals surface area contributed by atoms with Crippen molar-refractivity contribution in [3.05, 3.63) is 115 Å². The molecule has 1 N–H and O–H groups in total. The van der Waals surface area contributed by atoms with Gasteiger partial charge in [-0.1, -0.05) is 60.7 Å². The molecule has 0 aromatic heterocycles. The molecule has 27 heavy (non-hydrogen) atoms. The van der Waals surface area contributed by atoms with E-state index in [2.05, 4.69) is 102 Å². The van der Waals surface area contributed by atoms with Gasteiger partial charge in [-0.15, -0.1) is 0 Å². The molecule has 0 aliphatic heterocycles. The second-order valence-electron chi connectivity index (χ2n) is 6.52. The van der Waals surface area contributed by atoms with Gasteiger partial charge in [-0.05, 0) is 61.0 Å². The van der Waals surface area contributed by atoms with Crippen LogP contribution in [0.2, 0.25) is 0 Å². The van der Waals surface area contributed by atoms with Gasteiger partial charge in [0.05, 0.1) is 11.4 Å². The second-order valence-corrected chi connectivity index (χ2v) is 6.52. The maximum atomic E-state index is 3.57. The largest absolute Gasteiger partial charge is 0.354 e. The minimum absolute atomic E-state index is 1.06. The Morgan fingerprint density at radius 1 is 0.593 bits per heavy atom. The van der Waals surface area contributed by atoms with Crippen LogP contribution in [0.3, 0.4) is 0 Å². The SMILES string of the molecule is Cc1cccc(N(c2ccccc2)c2ccccc2Nc2ccccc2)c1. The molecular formula is C25H22N2. The van der Waals surface area contributed by atoms with Crippen LogP contribution >= 0.6 is 0 Å². The highest BCUT2D eigenvalue weighted by molar-refractivity contribution is 5.86. The fourth-order valence-electron chi connectivity index (χ4n) is 3.22. The molecule has 0 aliphatic rings. The van der Waals surface area contributed by atoms with E-state index in [1.54, 1.807) is 0 Å². The summed E-state index contributed by atoms with van der Waals surface area (Å²) < 4.78 is 0. The molecule has 0 aliphatic carbocycles. The van der Waals surface area contributed by atoms with Gasteiger partial charge in [0.15, 0.2) is 0 Å². The van der Waals surface area contributed by atoms with E-state index in [0.29, 0.717) is 0 Å². The average molecular weight is 350 g/mol. The Hall–Kier alpha value is -3.52. The fraction of sp³-hybridized carbons (Fsp3) is 0.0400. The molecule has 0 spiro atoms. The predicted molar refractivity (Wildman–Crippen MR) is 116 cm³/mol. The molecule has 4 rings (SSSR count). The van der Waals surface area contributed by atoms with Crippen molar-refractivity contribution in [2.75, 3.05) is 10.2 Å². The highest BCUT2D eigenvalue weighted by Gasteiger charge is 2.15. The fourth-order valence-corrected chi connectivity index (χ4v) is 3.22. The quantitative estimate of drug-likeness (QED) is 0.409. The first kappa shape index (κ1) is 16.9. The zero-order chi connectivity index (χ0) is 18.5. The van der Waals surface area contributed by atoms with E-state index in [0.717, 1.165) is 28.4 Å². The molecule has 0 radical (unpaired) electrons. The number of benzene rings is 4. The van der Waals surface area contributed by atoms with Gasteiger partial charge in [-0.2, -0.15) is 0 Å². The van der Waals surface area contributed by atoms with Gasteiger partial charge >= 0.3 is 0 Å².